The van der Waals surface area contributed by atoms with Gasteiger partial charge in [0.2, 0.25) is 0 Å². The van der Waals surface area contributed by atoms with Crippen molar-refractivity contribution < 1.29 is 9.59 Å². The quantitative estimate of drug-likeness (QED) is 0.557. The van der Waals surface area contributed by atoms with Gasteiger partial charge in [0.25, 0.3) is 0 Å². The number of urea groups is 2. The molecule has 0 aromatic rings. The minimum Gasteiger partial charge on any atom is -0.293 e. The molecule has 0 saturated carbocycles. The zero-order valence-electron chi connectivity index (χ0n) is 6.37. The monoisotopic (exact) mass is 206 g/mol. The van der Waals surface area contributed by atoms with Crippen LogP contribution in [-0.4, -0.2) is 23.3 Å². The molecular formula is C4H8N4O2P2. The van der Waals surface area contributed by atoms with E-state index in [0.29, 0.717) is 6.54 Å². The number of rotatable bonds is 1. The molecule has 0 aromatic heterocycles. The lowest BCUT2D eigenvalue weighted by Gasteiger charge is -2.16. The zero-order valence-corrected chi connectivity index (χ0v) is 8.15. The lowest BCUT2D eigenvalue weighted by molar-refractivity contribution is 0.232. The molecule has 3 N–H and O–H groups in total. The first-order valence-electron chi connectivity index (χ1n) is 3.48. The number of carbonyl (C=O) groups excluding carboxylic acids is 2. The molecule has 0 aromatic carbocycles. The van der Waals surface area contributed by atoms with Crippen molar-refractivity contribution >= 4 is 27.9 Å². The van der Waals surface area contributed by atoms with E-state index >= 15 is 0 Å². The molecule has 2 atom stereocenters. The van der Waals surface area contributed by atoms with E-state index < -0.39 is 15.8 Å². The molecule has 0 bridgehead atoms. The highest BCUT2D eigenvalue weighted by atomic mass is 32.1. The number of hydrogen-bond donors (Lipinski definition) is 3. The van der Waals surface area contributed by atoms with Crippen LogP contribution in [-0.2, 0) is 0 Å². The van der Waals surface area contributed by atoms with Crippen LogP contribution in [0, 0.1) is 0 Å². The summed E-state index contributed by atoms with van der Waals surface area (Å²) >= 11 is 0. The van der Waals surface area contributed by atoms with Crippen molar-refractivity contribution in [3.05, 3.63) is 0 Å². The molecule has 66 valence electrons. The first-order chi connectivity index (χ1) is 5.72. The Hall–Kier alpha value is -0.600. The highest BCUT2D eigenvalue weighted by molar-refractivity contribution is 8.28. The van der Waals surface area contributed by atoms with E-state index in [1.165, 1.54) is 0 Å². The van der Waals surface area contributed by atoms with Gasteiger partial charge in [0.15, 0.2) is 15.8 Å². The molecule has 8 heteroatoms. The van der Waals surface area contributed by atoms with Crippen molar-refractivity contribution in [2.45, 2.75) is 6.92 Å². The van der Waals surface area contributed by atoms with Crippen LogP contribution in [0.15, 0.2) is 0 Å². The third-order valence-corrected chi connectivity index (χ3v) is 6.77. The van der Waals surface area contributed by atoms with Gasteiger partial charge < -0.3 is 0 Å². The Morgan fingerprint density at radius 1 is 1.33 bits per heavy atom. The van der Waals surface area contributed by atoms with Gasteiger partial charge in [0.1, 0.15) is 0 Å². The summed E-state index contributed by atoms with van der Waals surface area (Å²) in [5.41, 5.74) is 0. The van der Waals surface area contributed by atoms with E-state index in [9.17, 15) is 9.59 Å². The van der Waals surface area contributed by atoms with Crippen LogP contribution in [0.5, 0.6) is 0 Å². The van der Waals surface area contributed by atoms with Gasteiger partial charge in [-0.3, -0.25) is 19.9 Å². The molecular weight excluding hydrogens is 198 g/mol. The number of nitrogens with one attached hydrogen (secondary N) is 3. The van der Waals surface area contributed by atoms with E-state index in [-0.39, 0.29) is 12.1 Å². The van der Waals surface area contributed by atoms with E-state index in [2.05, 4.69) is 15.3 Å². The Morgan fingerprint density at radius 3 is 2.75 bits per heavy atom. The summed E-state index contributed by atoms with van der Waals surface area (Å²) in [6.45, 7) is 2.53. The Morgan fingerprint density at radius 2 is 2.08 bits per heavy atom. The zero-order chi connectivity index (χ0) is 8.72. The summed E-state index contributed by atoms with van der Waals surface area (Å²) in [5.74, 6) is 0. The summed E-state index contributed by atoms with van der Waals surface area (Å²) in [6.07, 6.45) is 0. The number of fused-ring (bicyclic) bond motifs is 1. The van der Waals surface area contributed by atoms with Crippen molar-refractivity contribution in [2.24, 2.45) is 0 Å². The lowest BCUT2D eigenvalue weighted by atomic mass is 10.7. The largest absolute Gasteiger partial charge is 0.327 e. The third kappa shape index (κ3) is 1.03. The number of hydrogen-bond acceptors (Lipinski definition) is 2. The summed E-state index contributed by atoms with van der Waals surface area (Å²) in [5, 5.41) is 8.15. The molecule has 6 nitrogen and oxygen atoms in total. The number of carbonyl (C=O) groups is 2. The van der Waals surface area contributed by atoms with Crippen LogP contribution in [0.4, 0.5) is 9.59 Å². The number of nitrogens with zero attached hydrogens (tertiary/aromatic N) is 1. The molecule has 2 saturated heterocycles. The molecule has 2 heterocycles. The maximum atomic E-state index is 11.2. The van der Waals surface area contributed by atoms with Crippen molar-refractivity contribution in [3.63, 3.8) is 0 Å². The molecule has 2 unspecified atom stereocenters. The molecule has 0 radical (unpaired) electrons. The molecule has 2 fully saturated rings. The van der Waals surface area contributed by atoms with E-state index in [0.717, 1.165) is 0 Å². The fraction of sp³-hybridized carbons (Fsp3) is 0.500. The van der Waals surface area contributed by atoms with E-state index in [1.807, 2.05) is 6.92 Å². The Kier molecular flexibility index (Phi) is 1.81. The van der Waals surface area contributed by atoms with Crippen LogP contribution < -0.4 is 15.3 Å². The molecule has 0 aliphatic carbocycles. The fourth-order valence-electron chi connectivity index (χ4n) is 1.06. The highest BCUT2D eigenvalue weighted by Crippen LogP contribution is 2.69. The molecule has 2 aliphatic rings. The van der Waals surface area contributed by atoms with Crippen molar-refractivity contribution in [2.75, 3.05) is 6.54 Å². The van der Waals surface area contributed by atoms with Gasteiger partial charge in [-0.05, 0) is 6.92 Å². The molecule has 12 heavy (non-hydrogen) atoms. The van der Waals surface area contributed by atoms with Crippen LogP contribution >= 0.6 is 15.8 Å². The maximum Gasteiger partial charge on any atom is 0.327 e. The average Bonchev–Trinajstić information content (AvgIpc) is 2.43. The first kappa shape index (κ1) is 8.02. The molecule has 4 amide bonds. The maximum absolute atomic E-state index is 11.2. The van der Waals surface area contributed by atoms with Gasteiger partial charge >= 0.3 is 12.1 Å². The van der Waals surface area contributed by atoms with Crippen LogP contribution in [0.1, 0.15) is 6.92 Å². The summed E-state index contributed by atoms with van der Waals surface area (Å²) < 4.78 is 1.67. The van der Waals surface area contributed by atoms with Gasteiger partial charge in [-0.2, -0.15) is 0 Å². The minimum absolute atomic E-state index is 0.0813. The summed E-state index contributed by atoms with van der Waals surface area (Å²) in [4.78, 5) is 22.0. The Balaban J connectivity index is 2.16. The SMILES string of the molecule is CCN1C(=O)NP2NC(=O)NP12. The van der Waals surface area contributed by atoms with Gasteiger partial charge in [0, 0.05) is 6.54 Å². The van der Waals surface area contributed by atoms with Crippen LogP contribution in [0.3, 0.4) is 0 Å². The van der Waals surface area contributed by atoms with Crippen molar-refractivity contribution in [1.82, 2.24) is 19.9 Å². The molecule has 0 spiro atoms. The summed E-state index contributed by atoms with van der Waals surface area (Å²) in [6, 6.07) is -0.257. The second-order valence-electron chi connectivity index (χ2n) is 2.29. The predicted octanol–water partition coefficient (Wildman–Crippen LogP) is 0.883. The van der Waals surface area contributed by atoms with Gasteiger partial charge in [0.05, 0.1) is 0 Å². The minimum atomic E-state index is -0.836. The normalized spacial score (nSPS) is 32.6. The molecule has 2 rings (SSSR count). The lowest BCUT2D eigenvalue weighted by Crippen LogP contribution is -2.32. The molecule has 2 aliphatic heterocycles. The first-order valence-corrected chi connectivity index (χ1v) is 6.82. The predicted molar refractivity (Wildman–Crippen MR) is 46.4 cm³/mol. The summed E-state index contributed by atoms with van der Waals surface area (Å²) in [7, 11) is -1.64. The van der Waals surface area contributed by atoms with Gasteiger partial charge in [-0.25, -0.2) is 9.59 Å². The van der Waals surface area contributed by atoms with Crippen LogP contribution in [0.2, 0.25) is 0 Å². The highest BCUT2D eigenvalue weighted by Gasteiger charge is 2.46. The number of amides is 4. The van der Waals surface area contributed by atoms with Crippen molar-refractivity contribution in [1.29, 1.82) is 0 Å². The second kappa shape index (κ2) is 2.71. The average molecular weight is 206 g/mol. The van der Waals surface area contributed by atoms with Crippen molar-refractivity contribution in [3.8, 4) is 0 Å². The Labute approximate surface area is 71.7 Å². The van der Waals surface area contributed by atoms with E-state index in [1.54, 1.807) is 4.67 Å². The Bertz CT molecular complexity index is 247. The van der Waals surface area contributed by atoms with Crippen LogP contribution in [0.25, 0.3) is 0 Å². The fourth-order valence-corrected chi connectivity index (χ4v) is 6.13. The second-order valence-corrected chi connectivity index (χ2v) is 6.98. The third-order valence-electron chi connectivity index (χ3n) is 1.56. The smallest absolute Gasteiger partial charge is 0.293 e. The standard InChI is InChI=1S/C4H8N4O2P2/c1-2-8-4(10)7-11-5-3(9)6-12(8)11/h2H2,1H3,(H,7,10)(H2,5,6,9). The topological polar surface area (TPSA) is 73.5 Å². The van der Waals surface area contributed by atoms with Gasteiger partial charge in [-0.1, -0.05) is 0 Å². The van der Waals surface area contributed by atoms with E-state index in [4.69, 9.17) is 0 Å². The van der Waals surface area contributed by atoms with Gasteiger partial charge in [-0.15, -0.1) is 0 Å².